The molecule has 0 bridgehead atoms. The van der Waals surface area contributed by atoms with E-state index in [1.807, 2.05) is 0 Å². The number of benzene rings is 1. The summed E-state index contributed by atoms with van der Waals surface area (Å²) in [6, 6.07) is 2.49. The summed E-state index contributed by atoms with van der Waals surface area (Å²) in [5.41, 5.74) is -0.767. The Morgan fingerprint density at radius 2 is 1.79 bits per heavy atom. The molecule has 2 nitrogen and oxygen atoms in total. The van der Waals surface area contributed by atoms with Crippen LogP contribution in [0.25, 0.3) is 0 Å². The first kappa shape index (κ1) is 11.6. The van der Waals surface area contributed by atoms with Gasteiger partial charge in [-0.1, -0.05) is 0 Å². The summed E-state index contributed by atoms with van der Waals surface area (Å²) in [5, 5.41) is -1.97. The zero-order chi connectivity index (χ0) is 10.9. The Labute approximate surface area is 97.1 Å². The first-order valence-electron chi connectivity index (χ1n) is 3.32. The van der Waals surface area contributed by atoms with Crippen LogP contribution in [0.2, 0.25) is 0 Å². The van der Waals surface area contributed by atoms with Crippen LogP contribution < -0.4 is 0 Å². The average Bonchev–Trinajstić information content (AvgIpc) is 2.02. The first-order chi connectivity index (χ1) is 6.45. The molecule has 0 saturated carbocycles. The molecule has 0 aliphatic rings. The van der Waals surface area contributed by atoms with E-state index in [9.17, 15) is 14.0 Å². The van der Waals surface area contributed by atoms with Gasteiger partial charge in [0.1, 0.15) is 5.82 Å². The van der Waals surface area contributed by atoms with Crippen LogP contribution in [0.4, 0.5) is 4.39 Å². The van der Waals surface area contributed by atoms with E-state index >= 15 is 0 Å². The van der Waals surface area contributed by atoms with Gasteiger partial charge in [0.05, 0.1) is 11.1 Å². The second kappa shape index (κ2) is 4.38. The molecular formula is C8H2BrCl2FO2. The van der Waals surface area contributed by atoms with Gasteiger partial charge in [-0.15, -0.1) is 0 Å². The van der Waals surface area contributed by atoms with Gasteiger partial charge in [0.15, 0.2) is 0 Å². The Morgan fingerprint density at radius 1 is 1.21 bits per heavy atom. The topological polar surface area (TPSA) is 34.1 Å². The SMILES string of the molecule is O=C(Cl)c1ccc(Br)c(C(=O)Cl)c1F. The summed E-state index contributed by atoms with van der Waals surface area (Å²) >= 11 is 13.1. The van der Waals surface area contributed by atoms with E-state index < -0.39 is 21.9 Å². The van der Waals surface area contributed by atoms with E-state index in [1.165, 1.54) is 6.07 Å². The van der Waals surface area contributed by atoms with Crippen molar-refractivity contribution in [3.63, 3.8) is 0 Å². The molecule has 0 aliphatic carbocycles. The second-order valence-corrected chi connectivity index (χ2v) is 3.87. The predicted molar refractivity (Wildman–Crippen MR) is 54.5 cm³/mol. The number of hydrogen-bond acceptors (Lipinski definition) is 2. The highest BCUT2D eigenvalue weighted by atomic mass is 79.9. The lowest BCUT2D eigenvalue weighted by Gasteiger charge is -2.03. The van der Waals surface area contributed by atoms with Gasteiger partial charge >= 0.3 is 0 Å². The molecule has 1 aromatic carbocycles. The minimum Gasteiger partial charge on any atom is -0.275 e. The minimum atomic E-state index is -1.01. The zero-order valence-corrected chi connectivity index (χ0v) is 9.58. The molecule has 0 radical (unpaired) electrons. The third-order valence-corrected chi connectivity index (χ3v) is 2.55. The standard InChI is InChI=1S/C8H2BrCl2FO2/c9-4-2-1-3(7(10)13)6(12)5(4)8(11)14/h1-2H. The lowest BCUT2D eigenvalue weighted by Crippen LogP contribution is -2.03. The Balaban J connectivity index is 3.49. The first-order valence-corrected chi connectivity index (χ1v) is 4.87. The van der Waals surface area contributed by atoms with Crippen molar-refractivity contribution in [3.05, 3.63) is 33.5 Å². The van der Waals surface area contributed by atoms with Crippen molar-refractivity contribution >= 4 is 49.6 Å². The van der Waals surface area contributed by atoms with Gasteiger partial charge < -0.3 is 0 Å². The van der Waals surface area contributed by atoms with Crippen molar-refractivity contribution in [1.82, 2.24) is 0 Å². The number of halogens is 4. The summed E-state index contributed by atoms with van der Waals surface area (Å²) in [6.45, 7) is 0. The molecule has 1 aromatic rings. The Kier molecular flexibility index (Phi) is 3.64. The van der Waals surface area contributed by atoms with Crippen LogP contribution in [0.1, 0.15) is 20.7 Å². The van der Waals surface area contributed by atoms with E-state index in [1.54, 1.807) is 0 Å². The van der Waals surface area contributed by atoms with Crippen LogP contribution in [-0.4, -0.2) is 10.5 Å². The average molecular weight is 300 g/mol. The van der Waals surface area contributed by atoms with Crippen molar-refractivity contribution < 1.29 is 14.0 Å². The number of hydrogen-bond donors (Lipinski definition) is 0. The maximum absolute atomic E-state index is 13.4. The third kappa shape index (κ3) is 2.13. The summed E-state index contributed by atoms with van der Waals surface area (Å²) in [4.78, 5) is 21.5. The minimum absolute atomic E-state index is 0.177. The van der Waals surface area contributed by atoms with Crippen LogP contribution in [0.3, 0.4) is 0 Å². The van der Waals surface area contributed by atoms with E-state index in [0.29, 0.717) is 0 Å². The highest BCUT2D eigenvalue weighted by molar-refractivity contribution is 9.10. The van der Waals surface area contributed by atoms with E-state index in [-0.39, 0.29) is 10.0 Å². The summed E-state index contributed by atoms with van der Waals surface area (Å²) in [7, 11) is 0. The predicted octanol–water partition coefficient (Wildman–Crippen LogP) is 3.35. The van der Waals surface area contributed by atoms with Gasteiger partial charge in [0, 0.05) is 4.47 Å². The molecule has 0 aliphatic heterocycles. The molecule has 0 atom stereocenters. The van der Waals surface area contributed by atoms with Gasteiger partial charge in [-0.05, 0) is 51.3 Å². The molecule has 74 valence electrons. The normalized spacial score (nSPS) is 10.0. The Bertz CT molecular complexity index is 420. The van der Waals surface area contributed by atoms with Crippen molar-refractivity contribution in [2.24, 2.45) is 0 Å². The van der Waals surface area contributed by atoms with Crippen LogP contribution in [0, 0.1) is 5.82 Å². The highest BCUT2D eigenvalue weighted by Crippen LogP contribution is 2.25. The van der Waals surface area contributed by atoms with Crippen molar-refractivity contribution in [2.75, 3.05) is 0 Å². The zero-order valence-electron chi connectivity index (χ0n) is 6.48. The summed E-state index contributed by atoms with van der Waals surface area (Å²) < 4.78 is 13.6. The molecule has 1 rings (SSSR count). The molecule has 14 heavy (non-hydrogen) atoms. The fourth-order valence-electron chi connectivity index (χ4n) is 0.884. The maximum atomic E-state index is 13.4. The summed E-state index contributed by atoms with van der Waals surface area (Å²) in [5.74, 6) is -1.01. The Hall–Kier alpha value is -0.450. The van der Waals surface area contributed by atoms with Gasteiger partial charge in [0.25, 0.3) is 10.5 Å². The summed E-state index contributed by atoms with van der Waals surface area (Å²) in [6.07, 6.45) is 0. The lowest BCUT2D eigenvalue weighted by atomic mass is 10.1. The van der Waals surface area contributed by atoms with Gasteiger partial charge in [0.2, 0.25) is 0 Å². The quantitative estimate of drug-likeness (QED) is 0.785. The molecule has 0 saturated heterocycles. The number of carbonyl (C=O) groups is 2. The smallest absolute Gasteiger partial charge is 0.256 e. The molecule has 6 heteroatoms. The largest absolute Gasteiger partial charge is 0.275 e. The second-order valence-electron chi connectivity index (χ2n) is 2.33. The molecule has 0 heterocycles. The number of carbonyl (C=O) groups excluding carboxylic acids is 2. The van der Waals surface area contributed by atoms with Gasteiger partial charge in [-0.25, -0.2) is 4.39 Å². The van der Waals surface area contributed by atoms with Crippen LogP contribution in [-0.2, 0) is 0 Å². The van der Waals surface area contributed by atoms with E-state index in [4.69, 9.17) is 23.2 Å². The van der Waals surface area contributed by atoms with E-state index in [2.05, 4.69) is 15.9 Å². The van der Waals surface area contributed by atoms with Crippen molar-refractivity contribution in [2.45, 2.75) is 0 Å². The Morgan fingerprint density at radius 3 is 2.21 bits per heavy atom. The third-order valence-electron chi connectivity index (χ3n) is 1.50. The van der Waals surface area contributed by atoms with Gasteiger partial charge in [-0.2, -0.15) is 0 Å². The molecule has 0 amide bonds. The number of rotatable bonds is 2. The van der Waals surface area contributed by atoms with Crippen molar-refractivity contribution in [3.8, 4) is 0 Å². The highest BCUT2D eigenvalue weighted by Gasteiger charge is 2.19. The van der Waals surface area contributed by atoms with Crippen molar-refractivity contribution in [1.29, 1.82) is 0 Å². The molecule has 0 spiro atoms. The lowest BCUT2D eigenvalue weighted by molar-refractivity contribution is 0.107. The van der Waals surface area contributed by atoms with Crippen LogP contribution >= 0.6 is 39.1 Å². The fraction of sp³-hybridized carbons (Fsp3) is 0. The van der Waals surface area contributed by atoms with E-state index in [0.717, 1.165) is 6.07 Å². The molecule has 0 aromatic heterocycles. The molecule has 0 fully saturated rings. The van der Waals surface area contributed by atoms with Gasteiger partial charge in [-0.3, -0.25) is 9.59 Å². The molecule has 0 unspecified atom stereocenters. The van der Waals surface area contributed by atoms with Crippen LogP contribution in [0.5, 0.6) is 0 Å². The van der Waals surface area contributed by atoms with Crippen LogP contribution in [0.15, 0.2) is 16.6 Å². The fourth-order valence-corrected chi connectivity index (χ4v) is 1.82. The monoisotopic (exact) mass is 298 g/mol. The molecular weight excluding hydrogens is 298 g/mol. The molecule has 0 N–H and O–H groups in total. The maximum Gasteiger partial charge on any atom is 0.256 e.